The Hall–Kier alpha value is -3.27. The topological polar surface area (TPSA) is 96.2 Å². The number of fused-ring (bicyclic) bond motifs is 1. The van der Waals surface area contributed by atoms with Crippen molar-refractivity contribution in [2.24, 2.45) is 0 Å². The molecule has 7 nitrogen and oxygen atoms in total. The van der Waals surface area contributed by atoms with E-state index < -0.39 is 17.1 Å². The van der Waals surface area contributed by atoms with Crippen molar-refractivity contribution in [2.45, 2.75) is 13.5 Å². The van der Waals surface area contributed by atoms with E-state index in [9.17, 15) is 13.4 Å². The van der Waals surface area contributed by atoms with Gasteiger partial charge >= 0.3 is 0 Å². The first-order chi connectivity index (χ1) is 15.3. The standard InChI is InChI=1S/C22H18ClFN4O3S/c1-13-16(26-21-15(24)7-8-18(20(21)23)27-32(30)31)9-10-17-19(13)22(29)28(12-25-17)11-14-5-3-2-4-6-14/h2-10,12,26-27H,11H2,1H3,(H,30,31). The molecule has 10 heteroatoms. The molecular formula is C22H18ClFN4O3S. The van der Waals surface area contributed by atoms with E-state index in [1.807, 2.05) is 30.3 Å². The zero-order valence-corrected chi connectivity index (χ0v) is 18.4. The number of anilines is 3. The van der Waals surface area contributed by atoms with Gasteiger partial charge in [0.05, 0.1) is 40.2 Å². The van der Waals surface area contributed by atoms with Gasteiger partial charge in [0.25, 0.3) is 16.8 Å². The quantitative estimate of drug-likeness (QED) is 0.349. The molecule has 3 aromatic carbocycles. The molecule has 0 bridgehead atoms. The number of rotatable bonds is 6. The third-order valence-electron chi connectivity index (χ3n) is 5.00. The summed E-state index contributed by atoms with van der Waals surface area (Å²) in [6, 6.07) is 15.3. The van der Waals surface area contributed by atoms with Crippen LogP contribution in [0.2, 0.25) is 5.02 Å². The van der Waals surface area contributed by atoms with Gasteiger partial charge in [0, 0.05) is 5.69 Å². The number of aryl methyl sites for hydroxylation is 1. The molecule has 1 heterocycles. The molecular weight excluding hydrogens is 455 g/mol. The maximum atomic E-state index is 14.5. The molecule has 1 aromatic heterocycles. The minimum absolute atomic E-state index is 0.0849. The Balaban J connectivity index is 1.77. The van der Waals surface area contributed by atoms with Crippen molar-refractivity contribution in [3.63, 3.8) is 0 Å². The normalized spacial score (nSPS) is 12.0. The van der Waals surface area contributed by atoms with Crippen LogP contribution in [-0.2, 0) is 17.8 Å². The largest absolute Gasteiger partial charge is 0.352 e. The Morgan fingerprint density at radius 1 is 1.12 bits per heavy atom. The van der Waals surface area contributed by atoms with Gasteiger partial charge in [0.1, 0.15) is 5.82 Å². The van der Waals surface area contributed by atoms with Crippen molar-refractivity contribution >= 4 is 50.8 Å². The molecule has 4 rings (SSSR count). The Morgan fingerprint density at radius 2 is 1.84 bits per heavy atom. The van der Waals surface area contributed by atoms with Gasteiger partial charge in [-0.1, -0.05) is 41.9 Å². The van der Waals surface area contributed by atoms with Gasteiger partial charge in [-0.3, -0.25) is 18.6 Å². The van der Waals surface area contributed by atoms with Gasteiger partial charge in [0.2, 0.25) is 0 Å². The van der Waals surface area contributed by atoms with Crippen LogP contribution in [0.25, 0.3) is 10.9 Å². The maximum absolute atomic E-state index is 14.5. The van der Waals surface area contributed by atoms with Crippen molar-refractivity contribution in [1.82, 2.24) is 9.55 Å². The molecule has 0 spiro atoms. The molecule has 0 radical (unpaired) electrons. The van der Waals surface area contributed by atoms with Crippen LogP contribution < -0.4 is 15.6 Å². The molecule has 164 valence electrons. The lowest BCUT2D eigenvalue weighted by Gasteiger charge is -2.16. The lowest BCUT2D eigenvalue weighted by molar-refractivity contribution is 0.570. The number of halogens is 2. The first kappa shape index (κ1) is 21.9. The average molecular weight is 473 g/mol. The monoisotopic (exact) mass is 472 g/mol. The van der Waals surface area contributed by atoms with Crippen LogP contribution in [0.1, 0.15) is 11.1 Å². The first-order valence-corrected chi connectivity index (χ1v) is 11.0. The van der Waals surface area contributed by atoms with Crippen LogP contribution in [-0.4, -0.2) is 18.3 Å². The Morgan fingerprint density at radius 3 is 2.56 bits per heavy atom. The number of aromatic nitrogens is 2. The molecule has 3 N–H and O–H groups in total. The Labute approximate surface area is 190 Å². The molecule has 1 atom stereocenters. The van der Waals surface area contributed by atoms with Crippen LogP contribution >= 0.6 is 11.6 Å². The fraction of sp³-hybridized carbons (Fsp3) is 0.0909. The Bertz CT molecular complexity index is 1400. The third-order valence-corrected chi connectivity index (χ3v) is 5.78. The lowest BCUT2D eigenvalue weighted by Crippen LogP contribution is -2.22. The predicted octanol–water partition coefficient (Wildman–Crippen LogP) is 4.84. The molecule has 0 aliphatic carbocycles. The van der Waals surface area contributed by atoms with Gasteiger partial charge in [-0.2, -0.15) is 0 Å². The highest BCUT2D eigenvalue weighted by atomic mass is 35.5. The van der Waals surface area contributed by atoms with E-state index in [0.29, 0.717) is 28.7 Å². The van der Waals surface area contributed by atoms with Crippen LogP contribution in [0.4, 0.5) is 21.5 Å². The molecule has 0 amide bonds. The van der Waals surface area contributed by atoms with E-state index in [2.05, 4.69) is 15.0 Å². The minimum Gasteiger partial charge on any atom is -0.352 e. The third kappa shape index (κ3) is 4.36. The summed E-state index contributed by atoms with van der Waals surface area (Å²) in [7, 11) is 0. The highest BCUT2D eigenvalue weighted by Gasteiger charge is 2.16. The number of hydrogen-bond donors (Lipinski definition) is 3. The number of nitrogens with zero attached hydrogens (tertiary/aromatic N) is 2. The second-order valence-corrected chi connectivity index (χ2v) is 8.14. The molecule has 0 saturated heterocycles. The van der Waals surface area contributed by atoms with Gasteiger partial charge in [0.15, 0.2) is 0 Å². The minimum atomic E-state index is -2.37. The van der Waals surface area contributed by atoms with Crippen LogP contribution in [0.5, 0.6) is 0 Å². The van der Waals surface area contributed by atoms with E-state index in [1.54, 1.807) is 19.1 Å². The SMILES string of the molecule is Cc1c(Nc2c(F)ccc(NS(=O)O)c2Cl)ccc2ncn(Cc3ccccc3)c(=O)c12. The van der Waals surface area contributed by atoms with E-state index >= 15 is 0 Å². The van der Waals surface area contributed by atoms with Gasteiger partial charge < -0.3 is 5.32 Å². The fourth-order valence-corrected chi connectivity index (χ4v) is 4.07. The molecule has 1 unspecified atom stereocenters. The van der Waals surface area contributed by atoms with Gasteiger partial charge in [-0.25, -0.2) is 13.6 Å². The van der Waals surface area contributed by atoms with Crippen LogP contribution in [0.3, 0.4) is 0 Å². The number of hydrogen-bond acceptors (Lipinski definition) is 4. The zero-order chi connectivity index (χ0) is 22.8. The summed E-state index contributed by atoms with van der Waals surface area (Å²) in [6.45, 7) is 2.10. The lowest BCUT2D eigenvalue weighted by atomic mass is 10.1. The van der Waals surface area contributed by atoms with Crippen molar-refractivity contribution < 1.29 is 13.2 Å². The van der Waals surface area contributed by atoms with Crippen molar-refractivity contribution in [3.05, 3.63) is 93.2 Å². The average Bonchev–Trinajstić information content (AvgIpc) is 2.77. The number of nitrogens with one attached hydrogen (secondary N) is 2. The zero-order valence-electron chi connectivity index (χ0n) is 16.8. The van der Waals surface area contributed by atoms with Crippen molar-refractivity contribution in [3.8, 4) is 0 Å². The summed E-state index contributed by atoms with van der Waals surface area (Å²) >= 11 is 3.87. The smallest absolute Gasteiger partial charge is 0.261 e. The summed E-state index contributed by atoms with van der Waals surface area (Å²) in [5.74, 6) is -0.656. The molecule has 32 heavy (non-hydrogen) atoms. The van der Waals surface area contributed by atoms with E-state index in [0.717, 1.165) is 11.6 Å². The first-order valence-electron chi connectivity index (χ1n) is 9.50. The highest BCUT2D eigenvalue weighted by Crippen LogP contribution is 2.36. The molecule has 0 aliphatic heterocycles. The molecule has 0 saturated carbocycles. The van der Waals surface area contributed by atoms with Crippen molar-refractivity contribution in [1.29, 1.82) is 0 Å². The van der Waals surface area contributed by atoms with E-state index in [4.69, 9.17) is 16.2 Å². The summed E-state index contributed by atoms with van der Waals surface area (Å²) in [4.78, 5) is 17.6. The van der Waals surface area contributed by atoms with Crippen LogP contribution in [0.15, 0.2) is 65.7 Å². The maximum Gasteiger partial charge on any atom is 0.261 e. The summed E-state index contributed by atoms with van der Waals surface area (Å²) in [5, 5.41) is 3.21. The second kappa shape index (κ2) is 9.07. The predicted molar refractivity (Wildman–Crippen MR) is 125 cm³/mol. The van der Waals surface area contributed by atoms with E-state index in [1.165, 1.54) is 17.0 Å². The van der Waals surface area contributed by atoms with Crippen LogP contribution in [0, 0.1) is 12.7 Å². The summed E-state index contributed by atoms with van der Waals surface area (Å²) in [6.07, 6.45) is 1.50. The molecule has 0 aliphatic rings. The number of benzene rings is 3. The molecule has 0 fully saturated rings. The molecule has 4 aromatic rings. The van der Waals surface area contributed by atoms with Gasteiger partial charge in [-0.15, -0.1) is 0 Å². The van der Waals surface area contributed by atoms with Crippen molar-refractivity contribution in [2.75, 3.05) is 10.0 Å². The van der Waals surface area contributed by atoms with Gasteiger partial charge in [-0.05, 0) is 42.3 Å². The fourth-order valence-electron chi connectivity index (χ4n) is 3.41. The highest BCUT2D eigenvalue weighted by molar-refractivity contribution is 7.80. The second-order valence-electron chi connectivity index (χ2n) is 7.06. The summed E-state index contributed by atoms with van der Waals surface area (Å²) < 4.78 is 38.4. The van der Waals surface area contributed by atoms with E-state index in [-0.39, 0.29) is 22.0 Å². The summed E-state index contributed by atoms with van der Waals surface area (Å²) in [5.41, 5.74) is 2.28. The Kier molecular flexibility index (Phi) is 6.22.